The Morgan fingerprint density at radius 1 is 1.30 bits per heavy atom. The van der Waals surface area contributed by atoms with Crippen molar-refractivity contribution in [2.75, 3.05) is 7.11 Å². The van der Waals surface area contributed by atoms with Gasteiger partial charge in [0, 0.05) is 11.1 Å². The lowest BCUT2D eigenvalue weighted by Gasteiger charge is -2.05. The van der Waals surface area contributed by atoms with E-state index in [1.54, 1.807) is 12.1 Å². The predicted molar refractivity (Wildman–Crippen MR) is 86.1 cm³/mol. The van der Waals surface area contributed by atoms with Crippen molar-refractivity contribution in [3.8, 4) is 11.5 Å². The van der Waals surface area contributed by atoms with Gasteiger partial charge < -0.3 is 9.84 Å². The van der Waals surface area contributed by atoms with Gasteiger partial charge in [0.2, 0.25) is 0 Å². The number of benzene rings is 2. The maximum atomic E-state index is 12.2. The molecule has 7 heteroatoms. The highest BCUT2D eigenvalue weighted by atomic mass is 35.5. The number of hydrogen-bond acceptors (Lipinski definition) is 5. The van der Waals surface area contributed by atoms with Crippen LogP contribution in [0.4, 0.5) is 5.69 Å². The van der Waals surface area contributed by atoms with Gasteiger partial charge in [-0.2, -0.15) is 0 Å². The number of nitro benzene ring substituents is 1. The van der Waals surface area contributed by atoms with Gasteiger partial charge in [0.15, 0.2) is 11.5 Å². The lowest BCUT2D eigenvalue weighted by Crippen LogP contribution is -1.98. The first kappa shape index (κ1) is 16.5. The summed E-state index contributed by atoms with van der Waals surface area (Å²) in [6.07, 6.45) is 2.67. The number of hydrogen-bond donors (Lipinski definition) is 1. The van der Waals surface area contributed by atoms with Gasteiger partial charge in [-0.15, -0.1) is 0 Å². The van der Waals surface area contributed by atoms with Crippen LogP contribution < -0.4 is 4.74 Å². The molecule has 0 bridgehead atoms. The highest BCUT2D eigenvalue weighted by molar-refractivity contribution is 6.31. The highest BCUT2D eigenvalue weighted by Gasteiger charge is 2.13. The summed E-state index contributed by atoms with van der Waals surface area (Å²) in [5.74, 6) is -0.421. The van der Waals surface area contributed by atoms with Crippen molar-refractivity contribution in [2.45, 2.75) is 0 Å². The van der Waals surface area contributed by atoms with Crippen LogP contribution in [0.15, 0.2) is 42.5 Å². The molecule has 0 radical (unpaired) electrons. The third kappa shape index (κ3) is 3.87. The fourth-order valence-corrected chi connectivity index (χ4v) is 2.10. The van der Waals surface area contributed by atoms with Gasteiger partial charge in [0.25, 0.3) is 0 Å². The van der Waals surface area contributed by atoms with Gasteiger partial charge in [-0.1, -0.05) is 23.7 Å². The molecule has 2 rings (SSSR count). The second kappa shape index (κ2) is 6.93. The third-order valence-corrected chi connectivity index (χ3v) is 3.29. The number of ketones is 1. The summed E-state index contributed by atoms with van der Waals surface area (Å²) in [5.41, 5.74) is 0.258. The molecule has 0 saturated carbocycles. The number of methoxy groups -OCH3 is 1. The first-order valence-electron chi connectivity index (χ1n) is 6.45. The second-order valence-corrected chi connectivity index (χ2v) is 4.98. The van der Waals surface area contributed by atoms with Gasteiger partial charge in [-0.3, -0.25) is 14.9 Å². The summed E-state index contributed by atoms with van der Waals surface area (Å²) in [6.45, 7) is 0. The van der Waals surface area contributed by atoms with Crippen molar-refractivity contribution in [3.05, 3.63) is 68.7 Å². The molecule has 0 aliphatic rings. The zero-order valence-electron chi connectivity index (χ0n) is 12.0. The number of ether oxygens (including phenoxy) is 1. The number of phenols is 1. The van der Waals surface area contributed by atoms with Crippen molar-refractivity contribution < 1.29 is 19.6 Å². The van der Waals surface area contributed by atoms with Crippen LogP contribution in [0.2, 0.25) is 5.02 Å². The van der Waals surface area contributed by atoms with Crippen molar-refractivity contribution in [2.24, 2.45) is 0 Å². The molecule has 0 spiro atoms. The van der Waals surface area contributed by atoms with Crippen molar-refractivity contribution in [3.63, 3.8) is 0 Å². The van der Waals surface area contributed by atoms with E-state index < -0.39 is 16.4 Å². The standard InChI is InChI=1S/C16H12ClNO5/c1-23-16-7-4-11(17)9-12(16)14(19)5-2-10-3-6-15(20)13(8-10)18(21)22/h2-9,20H,1H3/b5-2+. The molecule has 2 aromatic rings. The molecule has 0 atom stereocenters. The summed E-state index contributed by atoms with van der Waals surface area (Å²) in [7, 11) is 1.44. The van der Waals surface area contributed by atoms with E-state index in [2.05, 4.69) is 0 Å². The van der Waals surface area contributed by atoms with Crippen LogP contribution >= 0.6 is 11.6 Å². The van der Waals surface area contributed by atoms with E-state index in [9.17, 15) is 20.0 Å². The van der Waals surface area contributed by atoms with E-state index in [4.69, 9.17) is 16.3 Å². The van der Waals surface area contributed by atoms with E-state index in [1.807, 2.05) is 0 Å². The molecule has 0 saturated heterocycles. The zero-order chi connectivity index (χ0) is 17.0. The van der Waals surface area contributed by atoms with E-state index in [0.29, 0.717) is 16.3 Å². The molecule has 0 heterocycles. The average Bonchev–Trinajstić information content (AvgIpc) is 2.53. The Morgan fingerprint density at radius 2 is 2.04 bits per heavy atom. The third-order valence-electron chi connectivity index (χ3n) is 3.05. The molecule has 0 fully saturated rings. The second-order valence-electron chi connectivity index (χ2n) is 4.55. The number of rotatable bonds is 5. The first-order valence-corrected chi connectivity index (χ1v) is 6.83. The molecule has 23 heavy (non-hydrogen) atoms. The number of carbonyl (C=O) groups is 1. The summed E-state index contributed by atoms with van der Waals surface area (Å²) < 4.78 is 5.10. The largest absolute Gasteiger partial charge is 0.502 e. The molecule has 0 unspecified atom stereocenters. The molecule has 0 amide bonds. The van der Waals surface area contributed by atoms with Crippen LogP contribution in [0, 0.1) is 10.1 Å². The normalized spacial score (nSPS) is 10.7. The van der Waals surface area contributed by atoms with Crippen LogP contribution in [-0.2, 0) is 0 Å². The van der Waals surface area contributed by atoms with Gasteiger partial charge in [0.05, 0.1) is 17.6 Å². The van der Waals surface area contributed by atoms with Crippen LogP contribution in [0.25, 0.3) is 6.08 Å². The number of carbonyl (C=O) groups excluding carboxylic acids is 1. The number of nitro groups is 1. The lowest BCUT2D eigenvalue weighted by atomic mass is 10.1. The molecular weight excluding hydrogens is 322 g/mol. The molecule has 118 valence electrons. The van der Waals surface area contributed by atoms with Crippen molar-refractivity contribution >= 4 is 29.1 Å². The Balaban J connectivity index is 2.30. The van der Waals surface area contributed by atoms with Crippen molar-refractivity contribution in [1.82, 2.24) is 0 Å². The average molecular weight is 334 g/mol. The molecule has 6 nitrogen and oxygen atoms in total. The Morgan fingerprint density at radius 3 is 2.70 bits per heavy atom. The quantitative estimate of drug-likeness (QED) is 0.388. The van der Waals surface area contributed by atoms with E-state index >= 15 is 0 Å². The topological polar surface area (TPSA) is 89.7 Å². The van der Waals surface area contributed by atoms with E-state index in [1.165, 1.54) is 43.5 Å². The van der Waals surface area contributed by atoms with Gasteiger partial charge in [-0.25, -0.2) is 0 Å². The Hall–Kier alpha value is -2.86. The Bertz CT molecular complexity index is 801. The van der Waals surface area contributed by atoms with E-state index in [0.717, 1.165) is 0 Å². The van der Waals surface area contributed by atoms with Crippen LogP contribution in [0.3, 0.4) is 0 Å². The molecule has 0 aromatic heterocycles. The minimum Gasteiger partial charge on any atom is -0.502 e. The van der Waals surface area contributed by atoms with Crippen molar-refractivity contribution in [1.29, 1.82) is 0 Å². The number of aromatic hydroxyl groups is 1. The summed E-state index contributed by atoms with van der Waals surface area (Å²) in [6, 6.07) is 8.49. The number of allylic oxidation sites excluding steroid dienone is 1. The van der Waals surface area contributed by atoms with Gasteiger partial charge in [-0.05, 0) is 35.9 Å². The fourth-order valence-electron chi connectivity index (χ4n) is 1.92. The number of nitrogens with zero attached hydrogens (tertiary/aromatic N) is 1. The predicted octanol–water partition coefficient (Wildman–Crippen LogP) is 3.86. The first-order chi connectivity index (χ1) is 10.9. The SMILES string of the molecule is COc1ccc(Cl)cc1C(=O)/C=C/c1ccc(O)c([N+](=O)[O-])c1. The van der Waals surface area contributed by atoms with Crippen LogP contribution in [-0.4, -0.2) is 22.9 Å². The maximum Gasteiger partial charge on any atom is 0.311 e. The Kier molecular flexibility index (Phi) is 4.98. The van der Waals surface area contributed by atoms with Crippen LogP contribution in [0.1, 0.15) is 15.9 Å². The monoisotopic (exact) mass is 333 g/mol. The minimum atomic E-state index is -0.700. The zero-order valence-corrected chi connectivity index (χ0v) is 12.8. The summed E-state index contributed by atoms with van der Waals surface area (Å²) in [4.78, 5) is 22.3. The Labute approximate surface area is 136 Å². The fraction of sp³-hybridized carbons (Fsp3) is 0.0625. The summed E-state index contributed by atoms with van der Waals surface area (Å²) >= 11 is 5.87. The molecule has 2 aromatic carbocycles. The highest BCUT2D eigenvalue weighted by Crippen LogP contribution is 2.27. The molecule has 1 N–H and O–H groups in total. The maximum absolute atomic E-state index is 12.2. The van der Waals surface area contributed by atoms with Gasteiger partial charge in [0.1, 0.15) is 5.75 Å². The minimum absolute atomic E-state index is 0.282. The molecule has 0 aliphatic heterocycles. The van der Waals surface area contributed by atoms with Gasteiger partial charge >= 0.3 is 5.69 Å². The van der Waals surface area contributed by atoms with Crippen LogP contribution in [0.5, 0.6) is 11.5 Å². The van der Waals surface area contributed by atoms with E-state index in [-0.39, 0.29) is 11.3 Å². The number of phenolic OH excluding ortho intramolecular Hbond substituents is 1. The summed E-state index contributed by atoms with van der Waals surface area (Å²) in [5, 5.41) is 20.6. The lowest BCUT2D eigenvalue weighted by molar-refractivity contribution is -0.385. The number of halogens is 1. The molecular formula is C16H12ClNO5. The molecule has 0 aliphatic carbocycles. The smallest absolute Gasteiger partial charge is 0.311 e.